The van der Waals surface area contributed by atoms with E-state index in [1.54, 1.807) is 48.3 Å². The zero-order chi connectivity index (χ0) is 18.4. The number of para-hydroxylation sites is 1. The number of carbonyl (C=O) groups excluding carboxylic acids is 1. The van der Waals surface area contributed by atoms with E-state index in [4.69, 9.17) is 10.5 Å². The van der Waals surface area contributed by atoms with Gasteiger partial charge in [0.25, 0.3) is 5.91 Å². The molecular weight excluding hydrogens is 376 g/mol. The van der Waals surface area contributed by atoms with Crippen molar-refractivity contribution in [3.63, 3.8) is 0 Å². The van der Waals surface area contributed by atoms with E-state index in [0.717, 1.165) is 6.26 Å². The van der Waals surface area contributed by atoms with Gasteiger partial charge in [0.05, 0.1) is 17.1 Å². The number of rotatable bonds is 7. The van der Waals surface area contributed by atoms with Crippen LogP contribution >= 0.6 is 12.4 Å². The highest BCUT2D eigenvalue weighted by atomic mass is 35.5. The summed E-state index contributed by atoms with van der Waals surface area (Å²) in [6.45, 7) is 0.939. The van der Waals surface area contributed by atoms with Gasteiger partial charge in [-0.1, -0.05) is 12.1 Å². The molecule has 8 heteroatoms. The van der Waals surface area contributed by atoms with E-state index in [1.165, 1.54) is 12.1 Å². The number of anilines is 1. The number of nitrogens with zero attached hydrogens (tertiary/aromatic N) is 1. The van der Waals surface area contributed by atoms with E-state index >= 15 is 0 Å². The molecule has 0 bridgehead atoms. The summed E-state index contributed by atoms with van der Waals surface area (Å²) in [5.41, 5.74) is 6.77. The highest BCUT2D eigenvalue weighted by molar-refractivity contribution is 7.90. The maximum atomic E-state index is 12.3. The monoisotopic (exact) mass is 398 g/mol. The Labute approximate surface area is 160 Å². The summed E-state index contributed by atoms with van der Waals surface area (Å²) in [5, 5.41) is 0. The molecule has 0 atom stereocenters. The van der Waals surface area contributed by atoms with Gasteiger partial charge in [-0.25, -0.2) is 8.42 Å². The zero-order valence-electron chi connectivity index (χ0n) is 14.7. The predicted molar refractivity (Wildman–Crippen MR) is 105 cm³/mol. The van der Waals surface area contributed by atoms with E-state index in [1.807, 2.05) is 0 Å². The van der Waals surface area contributed by atoms with Crippen molar-refractivity contribution in [2.75, 3.05) is 32.2 Å². The van der Waals surface area contributed by atoms with Crippen LogP contribution in [0.4, 0.5) is 5.69 Å². The third-order valence-electron chi connectivity index (χ3n) is 3.70. The number of benzene rings is 2. The highest BCUT2D eigenvalue weighted by Crippen LogP contribution is 2.16. The Kier molecular flexibility index (Phi) is 7.92. The molecule has 2 aromatic carbocycles. The molecule has 142 valence electrons. The Morgan fingerprint density at radius 2 is 1.73 bits per heavy atom. The van der Waals surface area contributed by atoms with Gasteiger partial charge in [0.15, 0.2) is 9.84 Å². The molecule has 0 radical (unpaired) electrons. The minimum absolute atomic E-state index is 0. The number of nitrogens with two attached hydrogens (primary N) is 1. The lowest BCUT2D eigenvalue weighted by Crippen LogP contribution is -2.29. The van der Waals surface area contributed by atoms with Crippen molar-refractivity contribution >= 4 is 33.8 Å². The summed E-state index contributed by atoms with van der Waals surface area (Å²) in [6.07, 6.45) is 1.80. The summed E-state index contributed by atoms with van der Waals surface area (Å²) in [7, 11) is -1.49. The molecule has 2 rings (SSSR count). The van der Waals surface area contributed by atoms with Crippen LogP contribution in [0.1, 0.15) is 16.8 Å². The first-order valence-electron chi connectivity index (χ1n) is 7.82. The highest BCUT2D eigenvalue weighted by Gasteiger charge is 2.13. The molecule has 0 aromatic heterocycles. The average molecular weight is 399 g/mol. The Morgan fingerprint density at radius 1 is 1.12 bits per heavy atom. The number of halogens is 1. The van der Waals surface area contributed by atoms with Crippen LogP contribution in [0.2, 0.25) is 0 Å². The second kappa shape index (κ2) is 9.45. The zero-order valence-corrected chi connectivity index (χ0v) is 16.3. The van der Waals surface area contributed by atoms with Gasteiger partial charge in [-0.3, -0.25) is 4.79 Å². The Balaban J connectivity index is 0.00000338. The van der Waals surface area contributed by atoms with Crippen LogP contribution in [0, 0.1) is 0 Å². The lowest BCUT2D eigenvalue weighted by atomic mass is 10.1. The number of amides is 1. The normalized spacial score (nSPS) is 10.7. The van der Waals surface area contributed by atoms with E-state index < -0.39 is 9.84 Å². The maximum Gasteiger partial charge on any atom is 0.255 e. The number of nitrogen functional groups attached to an aromatic ring is 1. The third kappa shape index (κ3) is 5.93. The first-order chi connectivity index (χ1) is 11.8. The molecule has 1 amide bonds. The summed E-state index contributed by atoms with van der Waals surface area (Å²) in [5.74, 6) is 0.462. The number of hydrogen-bond donors (Lipinski definition) is 1. The molecule has 0 aliphatic rings. The van der Waals surface area contributed by atoms with Gasteiger partial charge >= 0.3 is 0 Å². The van der Waals surface area contributed by atoms with Crippen molar-refractivity contribution in [3.8, 4) is 5.75 Å². The maximum absolute atomic E-state index is 12.3. The lowest BCUT2D eigenvalue weighted by molar-refractivity contribution is 0.0789. The van der Waals surface area contributed by atoms with Crippen LogP contribution in [0.3, 0.4) is 0 Å². The van der Waals surface area contributed by atoms with Gasteiger partial charge in [0.2, 0.25) is 0 Å². The quantitative estimate of drug-likeness (QED) is 0.572. The van der Waals surface area contributed by atoms with Gasteiger partial charge in [-0.2, -0.15) is 0 Å². The molecule has 0 aliphatic carbocycles. The minimum atomic E-state index is -3.21. The second-order valence-corrected chi connectivity index (χ2v) is 7.78. The van der Waals surface area contributed by atoms with Crippen LogP contribution in [0.15, 0.2) is 53.4 Å². The second-order valence-electron chi connectivity index (χ2n) is 5.76. The average Bonchev–Trinajstić information content (AvgIpc) is 2.58. The number of carbonyl (C=O) groups is 1. The molecule has 6 nitrogen and oxygen atoms in total. The van der Waals surface area contributed by atoms with E-state index in [9.17, 15) is 13.2 Å². The molecule has 0 aliphatic heterocycles. The largest absolute Gasteiger partial charge is 0.494 e. The van der Waals surface area contributed by atoms with Crippen LogP contribution in [0.25, 0.3) is 0 Å². The predicted octanol–water partition coefficient (Wildman–Crippen LogP) is 2.64. The van der Waals surface area contributed by atoms with E-state index in [-0.39, 0.29) is 23.2 Å². The van der Waals surface area contributed by atoms with Gasteiger partial charge in [-0.15, -0.1) is 12.4 Å². The van der Waals surface area contributed by atoms with Crippen molar-refractivity contribution in [1.29, 1.82) is 0 Å². The van der Waals surface area contributed by atoms with Crippen LogP contribution < -0.4 is 10.5 Å². The van der Waals surface area contributed by atoms with Gasteiger partial charge in [-0.05, 0) is 42.8 Å². The number of sulfone groups is 1. The molecule has 0 unspecified atom stereocenters. The summed E-state index contributed by atoms with van der Waals surface area (Å²) < 4.78 is 28.4. The lowest BCUT2D eigenvalue weighted by Gasteiger charge is -2.18. The molecule has 0 fully saturated rings. The summed E-state index contributed by atoms with van der Waals surface area (Å²) >= 11 is 0. The molecule has 2 N–H and O–H groups in total. The SMILES string of the molecule is CN(CCCOc1ccc(S(C)(=O)=O)cc1)C(=O)c1ccccc1N.Cl. The van der Waals surface area contributed by atoms with Crippen LogP contribution in [0.5, 0.6) is 5.75 Å². The molecule has 0 saturated carbocycles. The Hall–Kier alpha value is -2.25. The van der Waals surface area contributed by atoms with Gasteiger partial charge < -0.3 is 15.4 Å². The van der Waals surface area contributed by atoms with Crippen molar-refractivity contribution in [3.05, 3.63) is 54.1 Å². The van der Waals surface area contributed by atoms with Crippen molar-refractivity contribution < 1.29 is 17.9 Å². The van der Waals surface area contributed by atoms with Crippen molar-refractivity contribution in [2.24, 2.45) is 0 Å². The first-order valence-corrected chi connectivity index (χ1v) is 9.71. The number of hydrogen-bond acceptors (Lipinski definition) is 5. The fourth-order valence-corrected chi connectivity index (χ4v) is 2.90. The summed E-state index contributed by atoms with van der Waals surface area (Å²) in [6, 6.07) is 13.2. The number of ether oxygens (including phenoxy) is 1. The van der Waals surface area contributed by atoms with Crippen molar-refractivity contribution in [1.82, 2.24) is 4.90 Å². The Bertz CT molecular complexity index is 839. The Morgan fingerprint density at radius 3 is 2.31 bits per heavy atom. The fourth-order valence-electron chi connectivity index (χ4n) is 2.27. The standard InChI is InChI=1S/C18H22N2O4S.ClH/c1-20(18(21)16-6-3-4-7-17(16)19)12-5-13-24-14-8-10-15(11-9-14)25(2,22)23;/h3-4,6-11H,5,12-13,19H2,1-2H3;1H. The molecule has 0 spiro atoms. The van der Waals surface area contributed by atoms with E-state index in [2.05, 4.69) is 0 Å². The smallest absolute Gasteiger partial charge is 0.255 e. The molecule has 2 aromatic rings. The van der Waals surface area contributed by atoms with Crippen LogP contribution in [-0.2, 0) is 9.84 Å². The van der Waals surface area contributed by atoms with Crippen molar-refractivity contribution in [2.45, 2.75) is 11.3 Å². The third-order valence-corrected chi connectivity index (χ3v) is 4.82. The molecule has 26 heavy (non-hydrogen) atoms. The first kappa shape index (κ1) is 21.8. The molecule has 0 saturated heterocycles. The summed E-state index contributed by atoms with van der Waals surface area (Å²) in [4.78, 5) is 14.2. The molecular formula is C18H23ClN2O4S. The topological polar surface area (TPSA) is 89.7 Å². The van der Waals surface area contributed by atoms with Gasteiger partial charge in [0.1, 0.15) is 5.75 Å². The van der Waals surface area contributed by atoms with Crippen LogP contribution in [-0.4, -0.2) is 45.7 Å². The minimum Gasteiger partial charge on any atom is -0.494 e. The fraction of sp³-hybridized carbons (Fsp3) is 0.278. The van der Waals surface area contributed by atoms with E-state index in [0.29, 0.717) is 36.6 Å². The molecule has 0 heterocycles. The van der Waals surface area contributed by atoms with Gasteiger partial charge in [0, 0.05) is 25.5 Å².